The summed E-state index contributed by atoms with van der Waals surface area (Å²) in [5, 5.41) is 0. The third kappa shape index (κ3) is 1.58. The Morgan fingerprint density at radius 3 is 2.72 bits per heavy atom. The molecule has 1 aromatic carbocycles. The van der Waals surface area contributed by atoms with Gasteiger partial charge in [0.2, 0.25) is 5.91 Å². The van der Waals surface area contributed by atoms with Crippen LogP contribution in [0.2, 0.25) is 0 Å². The Morgan fingerprint density at radius 1 is 1.28 bits per heavy atom. The molecule has 0 unspecified atom stereocenters. The molecule has 2 atom stereocenters. The molecule has 2 heteroatoms. The monoisotopic (exact) mass is 243 g/mol. The molecule has 2 aliphatic heterocycles. The van der Waals surface area contributed by atoms with Crippen LogP contribution in [0.25, 0.3) is 0 Å². The lowest BCUT2D eigenvalue weighted by Crippen LogP contribution is -2.43. The Hall–Kier alpha value is -1.31. The number of benzene rings is 1. The van der Waals surface area contributed by atoms with E-state index >= 15 is 0 Å². The summed E-state index contributed by atoms with van der Waals surface area (Å²) in [7, 11) is 0. The maximum Gasteiger partial charge on any atom is 0.230 e. The molecule has 0 saturated carbocycles. The van der Waals surface area contributed by atoms with Gasteiger partial charge in [-0.15, -0.1) is 0 Å². The van der Waals surface area contributed by atoms with Crippen molar-refractivity contribution in [3.05, 3.63) is 29.3 Å². The number of amides is 1. The summed E-state index contributed by atoms with van der Waals surface area (Å²) < 4.78 is 0. The van der Waals surface area contributed by atoms with Gasteiger partial charge in [0.15, 0.2) is 0 Å². The predicted octanol–water partition coefficient (Wildman–Crippen LogP) is 3.18. The van der Waals surface area contributed by atoms with Gasteiger partial charge in [-0.05, 0) is 36.3 Å². The van der Waals surface area contributed by atoms with Crippen LogP contribution in [0.15, 0.2) is 18.2 Å². The highest BCUT2D eigenvalue weighted by Gasteiger charge is 2.40. The number of hydrogen-bond donors (Lipinski definition) is 0. The largest absolute Gasteiger partial charge is 0.308 e. The molecule has 0 fully saturated rings. The van der Waals surface area contributed by atoms with Crippen molar-refractivity contribution in [1.82, 2.24) is 0 Å². The summed E-state index contributed by atoms with van der Waals surface area (Å²) in [6.45, 7) is 6.52. The molecule has 0 N–H and O–H groups in total. The number of para-hydroxylation sites is 1. The van der Waals surface area contributed by atoms with Gasteiger partial charge in [-0.25, -0.2) is 0 Å². The summed E-state index contributed by atoms with van der Waals surface area (Å²) in [5.74, 6) is 1.00. The smallest absolute Gasteiger partial charge is 0.230 e. The van der Waals surface area contributed by atoms with E-state index in [1.54, 1.807) is 0 Å². The topological polar surface area (TPSA) is 20.3 Å². The van der Waals surface area contributed by atoms with Gasteiger partial charge in [-0.3, -0.25) is 4.79 Å². The highest BCUT2D eigenvalue weighted by molar-refractivity contribution is 5.99. The summed E-state index contributed by atoms with van der Waals surface area (Å²) in [6, 6.07) is 6.89. The molecule has 0 radical (unpaired) electrons. The summed E-state index contributed by atoms with van der Waals surface area (Å²) in [4.78, 5) is 14.7. The number of carbonyl (C=O) groups is 1. The number of nitrogens with zero attached hydrogens (tertiary/aromatic N) is 1. The minimum atomic E-state index is 0.157. The van der Waals surface area contributed by atoms with E-state index in [1.165, 1.54) is 16.8 Å². The van der Waals surface area contributed by atoms with E-state index < -0.39 is 0 Å². The van der Waals surface area contributed by atoms with Crippen molar-refractivity contribution in [2.45, 2.75) is 46.1 Å². The zero-order chi connectivity index (χ0) is 12.9. The van der Waals surface area contributed by atoms with E-state index in [4.69, 9.17) is 0 Å². The number of rotatable bonds is 1. The lowest BCUT2D eigenvalue weighted by Gasteiger charge is -2.29. The fourth-order valence-electron chi connectivity index (χ4n) is 3.34. The number of carbonyl (C=O) groups excluding carboxylic acids is 1. The molecule has 0 saturated heterocycles. The fraction of sp³-hybridized carbons (Fsp3) is 0.562. The van der Waals surface area contributed by atoms with E-state index in [9.17, 15) is 4.79 Å². The molecule has 1 amide bonds. The molecular formula is C16H21NO. The Morgan fingerprint density at radius 2 is 2.00 bits per heavy atom. The van der Waals surface area contributed by atoms with Crippen molar-refractivity contribution >= 4 is 11.6 Å². The first-order valence-corrected chi connectivity index (χ1v) is 7.03. The van der Waals surface area contributed by atoms with Gasteiger partial charge in [-0.1, -0.05) is 39.0 Å². The summed E-state index contributed by atoms with van der Waals surface area (Å²) >= 11 is 0. The van der Waals surface area contributed by atoms with Crippen molar-refractivity contribution in [2.75, 3.05) is 4.90 Å². The maximum absolute atomic E-state index is 12.6. The van der Waals surface area contributed by atoms with E-state index in [2.05, 4.69) is 43.9 Å². The molecule has 1 aromatic rings. The van der Waals surface area contributed by atoms with Crippen LogP contribution in [-0.4, -0.2) is 11.9 Å². The van der Waals surface area contributed by atoms with Crippen LogP contribution in [0.4, 0.5) is 5.69 Å². The van der Waals surface area contributed by atoms with Gasteiger partial charge >= 0.3 is 0 Å². The second kappa shape index (κ2) is 4.11. The van der Waals surface area contributed by atoms with Crippen molar-refractivity contribution in [3.63, 3.8) is 0 Å². The number of anilines is 1. The predicted molar refractivity (Wildman–Crippen MR) is 73.7 cm³/mol. The molecule has 18 heavy (non-hydrogen) atoms. The average molecular weight is 243 g/mol. The minimum absolute atomic E-state index is 0.157. The third-order valence-electron chi connectivity index (χ3n) is 4.48. The summed E-state index contributed by atoms with van der Waals surface area (Å²) in [6.07, 6.45) is 3.05. The van der Waals surface area contributed by atoms with Gasteiger partial charge in [0.25, 0.3) is 0 Å². The lowest BCUT2D eigenvalue weighted by atomic mass is 9.96. The first-order valence-electron chi connectivity index (χ1n) is 7.03. The van der Waals surface area contributed by atoms with Gasteiger partial charge in [0.05, 0.1) is 5.69 Å². The highest BCUT2D eigenvalue weighted by Crippen LogP contribution is 2.41. The maximum atomic E-state index is 12.6. The second-order valence-corrected chi connectivity index (χ2v) is 6.09. The molecule has 96 valence electrons. The normalized spacial score (nSPS) is 26.4. The lowest BCUT2D eigenvalue weighted by molar-refractivity contribution is -0.122. The van der Waals surface area contributed by atoms with E-state index in [1.807, 2.05) is 0 Å². The summed E-state index contributed by atoms with van der Waals surface area (Å²) in [5.41, 5.74) is 3.98. The van der Waals surface area contributed by atoms with Crippen LogP contribution in [0, 0.1) is 11.8 Å². The number of hydrogen-bond acceptors (Lipinski definition) is 1. The molecule has 2 aliphatic rings. The van der Waals surface area contributed by atoms with E-state index in [0.29, 0.717) is 17.9 Å². The van der Waals surface area contributed by atoms with Gasteiger partial charge in [0, 0.05) is 12.0 Å². The fourth-order valence-corrected chi connectivity index (χ4v) is 3.34. The third-order valence-corrected chi connectivity index (χ3v) is 4.48. The quantitative estimate of drug-likeness (QED) is 0.742. The first kappa shape index (κ1) is 11.8. The number of aryl methyl sites for hydroxylation is 1. The van der Waals surface area contributed by atoms with Gasteiger partial charge in [0.1, 0.15) is 0 Å². The Labute approximate surface area is 109 Å². The molecule has 0 aromatic heterocycles. The minimum Gasteiger partial charge on any atom is -0.308 e. The van der Waals surface area contributed by atoms with Crippen LogP contribution >= 0.6 is 0 Å². The zero-order valence-corrected chi connectivity index (χ0v) is 11.4. The van der Waals surface area contributed by atoms with E-state index in [-0.39, 0.29) is 5.92 Å². The second-order valence-electron chi connectivity index (χ2n) is 6.09. The average Bonchev–Trinajstić information content (AvgIpc) is 2.69. The first-order chi connectivity index (χ1) is 8.59. The van der Waals surface area contributed by atoms with Crippen LogP contribution in [-0.2, 0) is 17.6 Å². The van der Waals surface area contributed by atoms with Gasteiger partial charge < -0.3 is 4.90 Å². The van der Waals surface area contributed by atoms with Crippen molar-refractivity contribution < 1.29 is 4.79 Å². The molecule has 2 heterocycles. The van der Waals surface area contributed by atoms with Crippen molar-refractivity contribution in [1.29, 1.82) is 0 Å². The molecule has 0 spiro atoms. The van der Waals surface area contributed by atoms with Crippen molar-refractivity contribution in [3.8, 4) is 0 Å². The molecular weight excluding hydrogens is 222 g/mol. The Bertz CT molecular complexity index is 492. The molecule has 3 rings (SSSR count). The zero-order valence-electron chi connectivity index (χ0n) is 11.4. The highest BCUT2D eigenvalue weighted by atomic mass is 16.2. The Kier molecular flexibility index (Phi) is 2.69. The molecule has 0 aliphatic carbocycles. The van der Waals surface area contributed by atoms with Crippen LogP contribution in [0.1, 0.15) is 38.3 Å². The van der Waals surface area contributed by atoms with Crippen LogP contribution in [0.3, 0.4) is 0 Å². The van der Waals surface area contributed by atoms with Crippen molar-refractivity contribution in [2.24, 2.45) is 11.8 Å². The van der Waals surface area contributed by atoms with Gasteiger partial charge in [-0.2, -0.15) is 0 Å². The molecule has 2 nitrogen and oxygen atoms in total. The SMILES string of the molecule is CC(C)[C@@H]1Cc2cccc3c2N1C(=O)[C@@H](C)CC3. The van der Waals surface area contributed by atoms with Crippen LogP contribution in [0.5, 0.6) is 0 Å². The Balaban J connectivity index is 2.15. The standard InChI is InChI=1S/C16H21NO/c1-10(2)14-9-13-6-4-5-12-8-7-11(3)16(18)17(14)15(12)13/h4-6,10-11,14H,7-9H2,1-3H3/t11-,14-/m0/s1. The van der Waals surface area contributed by atoms with E-state index in [0.717, 1.165) is 19.3 Å². The van der Waals surface area contributed by atoms with Crippen LogP contribution < -0.4 is 4.90 Å². The molecule has 0 bridgehead atoms.